The summed E-state index contributed by atoms with van der Waals surface area (Å²) >= 11 is 5.65. The van der Waals surface area contributed by atoms with Crippen molar-refractivity contribution < 1.29 is 24.1 Å². The number of fused-ring (bicyclic) bond motifs is 1. The van der Waals surface area contributed by atoms with Crippen molar-refractivity contribution >= 4 is 34.1 Å². The van der Waals surface area contributed by atoms with Crippen molar-refractivity contribution in [3.05, 3.63) is 47.5 Å². The Morgan fingerprint density at radius 1 is 1.06 bits per heavy atom. The molecule has 162 valence electrons. The number of rotatable bonds is 7. The minimum atomic E-state index is -0.957. The zero-order valence-electron chi connectivity index (χ0n) is 18.1. The van der Waals surface area contributed by atoms with Crippen molar-refractivity contribution in [2.75, 3.05) is 34.9 Å². The average Bonchev–Trinajstić information content (AvgIpc) is 2.76. The molecule has 0 spiro atoms. The molecule has 7 nitrogen and oxygen atoms in total. The summed E-state index contributed by atoms with van der Waals surface area (Å²) < 4.78 is 16.5. The number of likely N-dealkylation sites (N-methyl/N-ethyl adjacent to an activating group) is 1. The van der Waals surface area contributed by atoms with Crippen molar-refractivity contribution in [2.45, 2.75) is 6.92 Å². The van der Waals surface area contributed by atoms with Crippen molar-refractivity contribution in [1.29, 1.82) is 0 Å². The van der Waals surface area contributed by atoms with Gasteiger partial charge in [-0.3, -0.25) is 4.79 Å². The van der Waals surface area contributed by atoms with Crippen molar-refractivity contribution in [1.82, 2.24) is 9.88 Å². The highest BCUT2D eigenvalue weighted by molar-refractivity contribution is 7.80. The Balaban J connectivity index is 2.27. The van der Waals surface area contributed by atoms with E-state index in [1.807, 2.05) is 37.3 Å². The predicted molar refractivity (Wildman–Crippen MR) is 124 cm³/mol. The molecule has 0 aliphatic carbocycles. The zero-order chi connectivity index (χ0) is 22.7. The van der Waals surface area contributed by atoms with E-state index in [0.29, 0.717) is 33.5 Å². The number of hydrogen-bond donors (Lipinski definition) is 1. The van der Waals surface area contributed by atoms with E-state index in [9.17, 15) is 9.90 Å². The molecule has 0 amide bonds. The van der Waals surface area contributed by atoms with Crippen LogP contribution in [-0.4, -0.2) is 60.9 Å². The molecule has 1 aromatic heterocycles. The summed E-state index contributed by atoms with van der Waals surface area (Å²) in [5, 5.41) is 10.0. The van der Waals surface area contributed by atoms with Crippen molar-refractivity contribution in [2.24, 2.45) is 0 Å². The van der Waals surface area contributed by atoms with Gasteiger partial charge < -0.3 is 24.2 Å². The third-order valence-corrected chi connectivity index (χ3v) is 5.43. The van der Waals surface area contributed by atoms with Gasteiger partial charge in [0.1, 0.15) is 11.5 Å². The fourth-order valence-electron chi connectivity index (χ4n) is 3.44. The highest BCUT2D eigenvalue weighted by Gasteiger charge is 2.21. The second kappa shape index (κ2) is 9.18. The molecule has 0 unspecified atom stereocenters. The lowest BCUT2D eigenvalue weighted by atomic mass is 10.0. The van der Waals surface area contributed by atoms with Crippen LogP contribution in [0.3, 0.4) is 0 Å². The lowest BCUT2D eigenvalue weighted by Gasteiger charge is -2.21. The topological polar surface area (TPSA) is 81.1 Å². The number of thiocarbonyl (C=S) groups is 1. The first-order valence-electron chi connectivity index (χ1n) is 9.48. The zero-order valence-corrected chi connectivity index (χ0v) is 18.9. The number of carboxylic acids is 1. The van der Waals surface area contributed by atoms with Gasteiger partial charge in [-0.15, -0.1) is 0 Å². The summed E-state index contributed by atoms with van der Waals surface area (Å²) in [5.74, 6) is 0.523. The molecule has 8 heteroatoms. The van der Waals surface area contributed by atoms with Crippen LogP contribution in [0.4, 0.5) is 0 Å². The van der Waals surface area contributed by atoms with Crippen LogP contribution in [0.15, 0.2) is 36.4 Å². The molecule has 0 saturated carbocycles. The molecule has 2 aromatic carbocycles. The third-order valence-electron chi connectivity index (χ3n) is 4.89. The number of benzene rings is 2. The monoisotopic (exact) mass is 440 g/mol. The molecular formula is C23H24N2O5S. The Morgan fingerprint density at radius 3 is 2.39 bits per heavy atom. The van der Waals surface area contributed by atoms with E-state index in [0.717, 1.165) is 22.0 Å². The van der Waals surface area contributed by atoms with E-state index in [1.165, 1.54) is 4.90 Å². The third kappa shape index (κ3) is 4.39. The summed E-state index contributed by atoms with van der Waals surface area (Å²) in [4.78, 5) is 18.0. The summed E-state index contributed by atoms with van der Waals surface area (Å²) in [7, 11) is 6.32. The van der Waals surface area contributed by atoms with Crippen LogP contribution >= 0.6 is 12.2 Å². The Kier molecular flexibility index (Phi) is 6.60. The predicted octanol–water partition coefficient (Wildman–Crippen LogP) is 3.93. The van der Waals surface area contributed by atoms with Crippen LogP contribution in [0, 0.1) is 6.92 Å². The standard InChI is InChI=1S/C23H24N2O5S/c1-13-6-8-17-15(10-13)16(23(31)25(2)12-20(26)27)11-18(24-17)14-7-9-19(28-3)22(30-5)21(14)29-4/h6-11H,12H2,1-5H3,(H,26,27). The van der Waals surface area contributed by atoms with E-state index in [1.54, 1.807) is 34.4 Å². The number of carboxylic acid groups (broad SMARTS) is 1. The Bertz CT molecular complexity index is 1160. The van der Waals surface area contributed by atoms with Gasteiger partial charge in [-0.05, 0) is 37.3 Å². The Labute approximate surface area is 186 Å². The summed E-state index contributed by atoms with van der Waals surface area (Å²) in [6.45, 7) is 1.78. The Morgan fingerprint density at radius 2 is 1.77 bits per heavy atom. The van der Waals surface area contributed by atoms with Gasteiger partial charge in [-0.1, -0.05) is 23.8 Å². The van der Waals surface area contributed by atoms with E-state index in [4.69, 9.17) is 31.4 Å². The minimum absolute atomic E-state index is 0.205. The molecule has 3 rings (SSSR count). The van der Waals surface area contributed by atoms with Gasteiger partial charge in [-0.25, -0.2) is 4.98 Å². The van der Waals surface area contributed by atoms with E-state index < -0.39 is 5.97 Å². The lowest BCUT2D eigenvalue weighted by Crippen LogP contribution is -2.31. The van der Waals surface area contributed by atoms with Gasteiger partial charge in [-0.2, -0.15) is 0 Å². The maximum Gasteiger partial charge on any atom is 0.323 e. The van der Waals surface area contributed by atoms with Gasteiger partial charge >= 0.3 is 5.97 Å². The number of aliphatic carboxylic acids is 1. The van der Waals surface area contributed by atoms with Gasteiger partial charge in [0.05, 0.1) is 32.5 Å². The lowest BCUT2D eigenvalue weighted by molar-refractivity contribution is -0.137. The molecule has 0 bridgehead atoms. The molecular weight excluding hydrogens is 416 g/mol. The number of methoxy groups -OCH3 is 3. The second-order valence-corrected chi connectivity index (χ2v) is 7.40. The molecule has 0 fully saturated rings. The average molecular weight is 441 g/mol. The van der Waals surface area contributed by atoms with Crippen LogP contribution < -0.4 is 14.2 Å². The van der Waals surface area contributed by atoms with Crippen LogP contribution in [0.1, 0.15) is 11.1 Å². The molecule has 31 heavy (non-hydrogen) atoms. The molecule has 0 saturated heterocycles. The van der Waals surface area contributed by atoms with Crippen LogP contribution in [0.2, 0.25) is 0 Å². The van der Waals surface area contributed by atoms with E-state index in [-0.39, 0.29) is 6.54 Å². The first-order valence-corrected chi connectivity index (χ1v) is 9.89. The van der Waals surface area contributed by atoms with Crippen molar-refractivity contribution in [3.63, 3.8) is 0 Å². The smallest absolute Gasteiger partial charge is 0.323 e. The number of pyridine rings is 1. The highest BCUT2D eigenvalue weighted by Crippen LogP contribution is 2.44. The molecule has 0 atom stereocenters. The summed E-state index contributed by atoms with van der Waals surface area (Å²) in [6.07, 6.45) is 0. The molecule has 0 radical (unpaired) electrons. The number of aromatic nitrogens is 1. The van der Waals surface area contributed by atoms with E-state index in [2.05, 4.69) is 0 Å². The maximum atomic E-state index is 11.2. The minimum Gasteiger partial charge on any atom is -0.493 e. The first-order chi connectivity index (χ1) is 14.8. The molecule has 1 heterocycles. The molecule has 0 aliphatic heterocycles. The van der Waals surface area contributed by atoms with Crippen LogP contribution in [-0.2, 0) is 4.79 Å². The largest absolute Gasteiger partial charge is 0.493 e. The van der Waals surface area contributed by atoms with Gasteiger partial charge in [0.15, 0.2) is 11.5 Å². The molecule has 0 aliphatic rings. The number of hydrogen-bond acceptors (Lipinski definition) is 6. The first kappa shape index (κ1) is 22.3. The van der Waals surface area contributed by atoms with Gasteiger partial charge in [0.25, 0.3) is 0 Å². The molecule has 1 N–H and O–H groups in total. The number of nitrogens with zero attached hydrogens (tertiary/aromatic N) is 2. The second-order valence-electron chi connectivity index (χ2n) is 7.01. The van der Waals surface area contributed by atoms with E-state index >= 15 is 0 Å². The fraction of sp³-hybridized carbons (Fsp3) is 0.261. The highest BCUT2D eigenvalue weighted by atomic mass is 32.1. The van der Waals surface area contributed by atoms with Gasteiger partial charge in [0.2, 0.25) is 5.75 Å². The molecule has 3 aromatic rings. The van der Waals surface area contributed by atoms with Crippen molar-refractivity contribution in [3.8, 4) is 28.5 Å². The normalized spacial score (nSPS) is 10.6. The summed E-state index contributed by atoms with van der Waals surface area (Å²) in [6, 6.07) is 11.4. The number of aryl methyl sites for hydroxylation is 1. The number of carbonyl (C=O) groups is 1. The van der Waals surface area contributed by atoms with Crippen LogP contribution in [0.5, 0.6) is 17.2 Å². The fourth-order valence-corrected chi connectivity index (χ4v) is 3.67. The number of ether oxygens (including phenoxy) is 3. The maximum absolute atomic E-state index is 11.2. The quantitative estimate of drug-likeness (QED) is 0.554. The Hall–Kier alpha value is -3.39. The summed E-state index contributed by atoms with van der Waals surface area (Å²) in [5.41, 5.74) is 3.83. The van der Waals surface area contributed by atoms with Gasteiger partial charge in [0, 0.05) is 23.6 Å². The SMILES string of the molecule is COc1ccc(-c2cc(C(=S)N(C)CC(=O)O)c3cc(C)ccc3n2)c(OC)c1OC. The van der Waals surface area contributed by atoms with Crippen LogP contribution in [0.25, 0.3) is 22.2 Å².